The summed E-state index contributed by atoms with van der Waals surface area (Å²) in [6.07, 6.45) is 1.14. The van der Waals surface area contributed by atoms with Crippen molar-refractivity contribution < 1.29 is 27.2 Å². The van der Waals surface area contributed by atoms with Crippen LogP contribution >= 0.6 is 0 Å². The second-order valence-electron chi connectivity index (χ2n) is 6.88. The maximum absolute atomic E-state index is 14.3. The van der Waals surface area contributed by atoms with E-state index in [2.05, 4.69) is 10.1 Å². The second kappa shape index (κ2) is 6.46. The number of imide groups is 1. The van der Waals surface area contributed by atoms with Crippen LogP contribution in [0.2, 0.25) is 0 Å². The van der Waals surface area contributed by atoms with E-state index in [4.69, 9.17) is 0 Å². The van der Waals surface area contributed by atoms with Crippen LogP contribution in [0.15, 0.2) is 42.6 Å². The maximum Gasteiger partial charge on any atom is 0.267 e. The number of hydrogen-bond acceptors (Lipinski definition) is 4. The SMILES string of the molecule is Cc1nn(-c2ccc(F)cc2F)c2ncc3c(c12)C(=O)N(c1ccc(F)c(F)c1)C3=O. The lowest BCUT2D eigenvalue weighted by molar-refractivity contribution is 0.0926. The number of halogens is 4. The third-order valence-electron chi connectivity index (χ3n) is 5.02. The number of anilines is 1. The lowest BCUT2D eigenvalue weighted by Gasteiger charge is -2.13. The summed E-state index contributed by atoms with van der Waals surface area (Å²) in [4.78, 5) is 30.9. The molecule has 2 aromatic heterocycles. The van der Waals surface area contributed by atoms with Crippen molar-refractivity contribution in [3.05, 3.63) is 82.7 Å². The van der Waals surface area contributed by atoms with Crippen LogP contribution in [0, 0.1) is 30.2 Å². The number of rotatable bonds is 2. The first-order chi connectivity index (χ1) is 14.8. The molecule has 1 aliphatic rings. The molecule has 0 aliphatic carbocycles. The van der Waals surface area contributed by atoms with Gasteiger partial charge in [0.25, 0.3) is 11.8 Å². The zero-order chi connectivity index (χ0) is 22.0. The van der Waals surface area contributed by atoms with Gasteiger partial charge in [0.15, 0.2) is 23.1 Å². The molecule has 10 heteroatoms. The molecule has 0 saturated carbocycles. The Bertz CT molecular complexity index is 1450. The monoisotopic (exact) mass is 426 g/mol. The number of carbonyl (C=O) groups is 2. The number of nitrogens with zero attached hydrogens (tertiary/aromatic N) is 4. The van der Waals surface area contributed by atoms with Crippen LogP contribution in [0.25, 0.3) is 16.7 Å². The summed E-state index contributed by atoms with van der Waals surface area (Å²) in [5.74, 6) is -5.54. The highest BCUT2D eigenvalue weighted by Crippen LogP contribution is 2.35. The third kappa shape index (κ3) is 2.64. The van der Waals surface area contributed by atoms with Gasteiger partial charge in [-0.3, -0.25) is 9.59 Å². The molecule has 0 saturated heterocycles. The van der Waals surface area contributed by atoms with E-state index in [1.54, 1.807) is 6.92 Å². The molecule has 4 aromatic rings. The van der Waals surface area contributed by atoms with Crippen molar-refractivity contribution in [3.63, 3.8) is 0 Å². The summed E-state index contributed by atoms with van der Waals surface area (Å²) in [6.45, 7) is 1.54. The zero-order valence-corrected chi connectivity index (χ0v) is 15.7. The number of benzene rings is 2. The predicted molar refractivity (Wildman–Crippen MR) is 101 cm³/mol. The van der Waals surface area contributed by atoms with Crippen molar-refractivity contribution in [2.75, 3.05) is 4.90 Å². The standard InChI is InChI=1S/C21H10F4N4O2/c1-9-17-18-12(20(30)28(21(18)31)11-3-4-13(23)14(24)7-11)8-26-19(17)29(27-9)16-5-2-10(22)6-15(16)25/h2-8H,1H3. The zero-order valence-electron chi connectivity index (χ0n) is 15.7. The molecule has 0 radical (unpaired) electrons. The highest BCUT2D eigenvalue weighted by Gasteiger charge is 2.40. The molecule has 0 bridgehead atoms. The van der Waals surface area contributed by atoms with Crippen LogP contribution in [0.1, 0.15) is 26.4 Å². The molecule has 5 rings (SSSR count). The van der Waals surface area contributed by atoms with E-state index in [-0.39, 0.29) is 39.2 Å². The molecule has 0 unspecified atom stereocenters. The van der Waals surface area contributed by atoms with Crippen LogP contribution < -0.4 is 4.90 Å². The third-order valence-corrected chi connectivity index (χ3v) is 5.02. The minimum absolute atomic E-state index is 0.0361. The van der Waals surface area contributed by atoms with Crippen molar-refractivity contribution in [1.82, 2.24) is 14.8 Å². The van der Waals surface area contributed by atoms with Gasteiger partial charge in [0.1, 0.15) is 11.5 Å². The van der Waals surface area contributed by atoms with Gasteiger partial charge in [-0.1, -0.05) is 0 Å². The molecule has 6 nitrogen and oxygen atoms in total. The predicted octanol–water partition coefficient (Wildman–Crippen LogP) is 4.09. The summed E-state index contributed by atoms with van der Waals surface area (Å²) in [6, 6.07) is 5.56. The molecule has 2 amide bonds. The van der Waals surface area contributed by atoms with E-state index in [1.165, 1.54) is 6.07 Å². The molecule has 2 aromatic carbocycles. The van der Waals surface area contributed by atoms with Gasteiger partial charge >= 0.3 is 0 Å². The van der Waals surface area contributed by atoms with Crippen molar-refractivity contribution in [1.29, 1.82) is 0 Å². The average molecular weight is 426 g/mol. The first kappa shape index (κ1) is 18.9. The maximum atomic E-state index is 14.3. The van der Waals surface area contributed by atoms with E-state index >= 15 is 0 Å². The first-order valence-electron chi connectivity index (χ1n) is 8.95. The van der Waals surface area contributed by atoms with E-state index in [1.807, 2.05) is 0 Å². The van der Waals surface area contributed by atoms with E-state index in [9.17, 15) is 27.2 Å². The van der Waals surface area contributed by atoms with E-state index in [0.29, 0.717) is 11.0 Å². The van der Waals surface area contributed by atoms with Crippen molar-refractivity contribution in [2.24, 2.45) is 0 Å². The topological polar surface area (TPSA) is 68.1 Å². The number of carbonyl (C=O) groups excluding carboxylic acids is 2. The molecule has 0 spiro atoms. The molecule has 0 N–H and O–H groups in total. The van der Waals surface area contributed by atoms with Crippen molar-refractivity contribution in [2.45, 2.75) is 6.92 Å². The Morgan fingerprint density at radius 1 is 0.871 bits per heavy atom. The molecule has 154 valence electrons. The van der Waals surface area contributed by atoms with Gasteiger partial charge in [-0.15, -0.1) is 0 Å². The fourth-order valence-electron chi connectivity index (χ4n) is 3.64. The summed E-state index contributed by atoms with van der Waals surface area (Å²) < 4.78 is 55.7. The molecule has 3 heterocycles. The Kier molecular flexibility index (Phi) is 3.94. The van der Waals surface area contributed by atoms with Gasteiger partial charge < -0.3 is 0 Å². The van der Waals surface area contributed by atoms with Gasteiger partial charge in [0.05, 0.1) is 27.9 Å². The quantitative estimate of drug-likeness (QED) is 0.358. The van der Waals surface area contributed by atoms with Crippen LogP contribution in [0.3, 0.4) is 0 Å². The average Bonchev–Trinajstić information content (AvgIpc) is 3.18. The Morgan fingerprint density at radius 2 is 1.65 bits per heavy atom. The number of aryl methyl sites for hydroxylation is 1. The molecular weight excluding hydrogens is 416 g/mol. The van der Waals surface area contributed by atoms with Gasteiger partial charge in [-0.25, -0.2) is 32.1 Å². The van der Waals surface area contributed by atoms with Crippen LogP contribution in [-0.2, 0) is 0 Å². The Hall–Kier alpha value is -4.08. The largest absolute Gasteiger partial charge is 0.268 e. The van der Waals surface area contributed by atoms with Crippen molar-refractivity contribution >= 4 is 28.5 Å². The first-order valence-corrected chi connectivity index (χ1v) is 8.95. The molecule has 0 atom stereocenters. The fourth-order valence-corrected chi connectivity index (χ4v) is 3.64. The lowest BCUT2D eigenvalue weighted by Crippen LogP contribution is -2.29. The summed E-state index contributed by atoms with van der Waals surface area (Å²) in [5, 5.41) is 4.41. The van der Waals surface area contributed by atoms with Gasteiger partial charge in [-0.05, 0) is 31.2 Å². The second-order valence-corrected chi connectivity index (χ2v) is 6.88. The Labute approximate surface area is 171 Å². The van der Waals surface area contributed by atoms with Crippen LogP contribution in [0.5, 0.6) is 0 Å². The van der Waals surface area contributed by atoms with Crippen LogP contribution in [-0.4, -0.2) is 26.6 Å². The molecule has 1 aliphatic heterocycles. The highest BCUT2D eigenvalue weighted by molar-refractivity contribution is 6.37. The number of amides is 2. The molecular formula is C21H10F4N4O2. The number of pyridine rings is 1. The Morgan fingerprint density at radius 3 is 2.35 bits per heavy atom. The number of aromatic nitrogens is 3. The minimum Gasteiger partial charge on any atom is -0.268 e. The molecule has 0 fully saturated rings. The number of fused-ring (bicyclic) bond motifs is 3. The fraction of sp³-hybridized carbons (Fsp3) is 0.0476. The molecule has 31 heavy (non-hydrogen) atoms. The van der Waals surface area contributed by atoms with E-state index < -0.39 is 35.1 Å². The van der Waals surface area contributed by atoms with Crippen molar-refractivity contribution in [3.8, 4) is 5.69 Å². The van der Waals surface area contributed by atoms with Gasteiger partial charge in [0, 0.05) is 18.3 Å². The summed E-state index contributed by atoms with van der Waals surface area (Å²) in [7, 11) is 0. The van der Waals surface area contributed by atoms with Gasteiger partial charge in [-0.2, -0.15) is 5.10 Å². The summed E-state index contributed by atoms with van der Waals surface area (Å²) in [5.41, 5.74) is 0.0240. The Balaban J connectivity index is 1.71. The normalized spacial score (nSPS) is 13.4. The number of hydrogen-bond donors (Lipinski definition) is 0. The summed E-state index contributed by atoms with van der Waals surface area (Å²) >= 11 is 0. The minimum atomic E-state index is -1.21. The van der Waals surface area contributed by atoms with Crippen LogP contribution in [0.4, 0.5) is 23.2 Å². The van der Waals surface area contributed by atoms with E-state index in [0.717, 1.165) is 35.1 Å². The van der Waals surface area contributed by atoms with Gasteiger partial charge in [0.2, 0.25) is 0 Å². The highest BCUT2D eigenvalue weighted by atomic mass is 19.2. The smallest absolute Gasteiger partial charge is 0.267 e. The lowest BCUT2D eigenvalue weighted by atomic mass is 10.1.